The lowest BCUT2D eigenvalue weighted by Crippen LogP contribution is -2.47. The van der Waals surface area contributed by atoms with Crippen molar-refractivity contribution in [1.29, 1.82) is 0 Å². The molecule has 2 atom stereocenters. The molecule has 105 valence electrons. The second-order valence-corrected chi connectivity index (χ2v) is 4.31. The van der Waals surface area contributed by atoms with Crippen LogP contribution in [0, 0.1) is 0 Å². The van der Waals surface area contributed by atoms with Gasteiger partial charge in [0.25, 0.3) is 0 Å². The predicted molar refractivity (Wildman–Crippen MR) is 70.2 cm³/mol. The summed E-state index contributed by atoms with van der Waals surface area (Å²) >= 11 is 0. The summed E-state index contributed by atoms with van der Waals surface area (Å²) in [4.78, 5) is 36.3. The highest BCUT2D eigenvalue weighted by Gasteiger charge is 2.20. The van der Waals surface area contributed by atoms with Crippen LogP contribution in [0.3, 0.4) is 0 Å². The van der Waals surface area contributed by atoms with Crippen molar-refractivity contribution < 1.29 is 9.59 Å². The molecular formula is C12H15N6O2. The van der Waals surface area contributed by atoms with E-state index in [-0.39, 0.29) is 6.42 Å². The molecule has 1 radical (unpaired) electrons. The first-order valence-corrected chi connectivity index (χ1v) is 6.08. The summed E-state index contributed by atoms with van der Waals surface area (Å²) < 4.78 is 0. The zero-order valence-corrected chi connectivity index (χ0v) is 10.7. The zero-order valence-electron chi connectivity index (χ0n) is 10.7. The van der Waals surface area contributed by atoms with E-state index in [1.54, 1.807) is 18.7 Å². The highest BCUT2D eigenvalue weighted by Crippen LogP contribution is 1.99. The smallest absolute Gasteiger partial charge is 0.237 e. The Bertz CT molecular complexity index is 536. The van der Waals surface area contributed by atoms with Gasteiger partial charge in [0.05, 0.1) is 30.1 Å². The van der Waals surface area contributed by atoms with Crippen LogP contribution < -0.4 is 11.1 Å². The van der Waals surface area contributed by atoms with E-state index in [0.717, 1.165) is 0 Å². The minimum atomic E-state index is -0.770. The largest absolute Gasteiger partial charge is 0.351 e. The molecule has 2 aromatic rings. The monoisotopic (exact) mass is 275 g/mol. The van der Waals surface area contributed by atoms with Gasteiger partial charge in [0, 0.05) is 25.2 Å². The van der Waals surface area contributed by atoms with Gasteiger partial charge in [-0.2, -0.15) is 0 Å². The number of carbonyl (C=O) groups is 1. The average molecular weight is 275 g/mol. The highest BCUT2D eigenvalue weighted by atomic mass is 16.2. The van der Waals surface area contributed by atoms with Crippen LogP contribution in [-0.2, 0) is 22.4 Å². The number of H-pyrrole nitrogens is 2. The summed E-state index contributed by atoms with van der Waals surface area (Å²) in [6.45, 7) is 0. The zero-order chi connectivity index (χ0) is 14.4. The van der Waals surface area contributed by atoms with Crippen molar-refractivity contribution in [2.24, 2.45) is 5.73 Å². The van der Waals surface area contributed by atoms with E-state index >= 15 is 0 Å². The van der Waals surface area contributed by atoms with Gasteiger partial charge in [-0.25, -0.2) is 9.97 Å². The SMILES string of the molecule is NC(Cc1c[nH]cn1)C(=O)N[C@H]([C]=O)Cc1c[nH]cn1. The van der Waals surface area contributed by atoms with E-state index in [0.29, 0.717) is 17.8 Å². The molecule has 1 unspecified atom stereocenters. The first-order valence-electron chi connectivity index (χ1n) is 6.08. The van der Waals surface area contributed by atoms with E-state index in [9.17, 15) is 9.59 Å². The summed E-state index contributed by atoms with van der Waals surface area (Å²) in [5.41, 5.74) is 7.12. The van der Waals surface area contributed by atoms with Crippen molar-refractivity contribution in [3.63, 3.8) is 0 Å². The number of hydrogen-bond acceptors (Lipinski definition) is 5. The van der Waals surface area contributed by atoms with Gasteiger partial charge in [0.15, 0.2) is 0 Å². The molecule has 0 fully saturated rings. The molecule has 8 heteroatoms. The van der Waals surface area contributed by atoms with E-state index in [2.05, 4.69) is 25.3 Å². The molecule has 0 aliphatic rings. The molecule has 1 amide bonds. The first-order chi connectivity index (χ1) is 9.69. The molecule has 0 spiro atoms. The molecule has 5 N–H and O–H groups in total. The Hall–Kier alpha value is -2.48. The highest BCUT2D eigenvalue weighted by molar-refractivity contribution is 5.84. The maximum Gasteiger partial charge on any atom is 0.237 e. The summed E-state index contributed by atoms with van der Waals surface area (Å²) in [6.07, 6.45) is 8.67. The number of imidazole rings is 2. The summed E-state index contributed by atoms with van der Waals surface area (Å²) in [7, 11) is 0. The van der Waals surface area contributed by atoms with Crippen LogP contribution >= 0.6 is 0 Å². The van der Waals surface area contributed by atoms with Crippen LogP contribution in [0.15, 0.2) is 25.0 Å². The lowest BCUT2D eigenvalue weighted by atomic mass is 10.1. The van der Waals surface area contributed by atoms with Crippen molar-refractivity contribution in [3.8, 4) is 0 Å². The number of aromatic nitrogens is 4. The number of rotatable bonds is 7. The second-order valence-electron chi connectivity index (χ2n) is 4.31. The third-order valence-corrected chi connectivity index (χ3v) is 2.75. The Balaban J connectivity index is 1.86. The normalized spacial score (nSPS) is 13.7. The van der Waals surface area contributed by atoms with Gasteiger partial charge in [-0.15, -0.1) is 0 Å². The predicted octanol–water partition coefficient (Wildman–Crippen LogP) is -1.16. The van der Waals surface area contributed by atoms with E-state index in [1.165, 1.54) is 12.7 Å². The number of carbonyl (C=O) groups excluding carboxylic acids is 2. The molecule has 0 aliphatic heterocycles. The lowest BCUT2D eigenvalue weighted by Gasteiger charge is -2.14. The molecule has 2 rings (SSSR count). The van der Waals surface area contributed by atoms with Crippen LogP contribution in [-0.4, -0.2) is 44.2 Å². The Labute approximate surface area is 115 Å². The number of hydrogen-bond donors (Lipinski definition) is 4. The van der Waals surface area contributed by atoms with Gasteiger partial charge >= 0.3 is 0 Å². The molecule has 0 saturated carbocycles. The van der Waals surface area contributed by atoms with Crippen molar-refractivity contribution in [1.82, 2.24) is 25.3 Å². The fourth-order valence-corrected chi connectivity index (χ4v) is 1.73. The third kappa shape index (κ3) is 3.75. The number of aromatic amines is 2. The minimum Gasteiger partial charge on any atom is -0.351 e. The fraction of sp³-hybridized carbons (Fsp3) is 0.333. The lowest BCUT2D eigenvalue weighted by molar-refractivity contribution is -0.122. The maximum atomic E-state index is 11.9. The van der Waals surface area contributed by atoms with Crippen LogP contribution in [0.25, 0.3) is 0 Å². The van der Waals surface area contributed by atoms with Crippen molar-refractivity contribution in [3.05, 3.63) is 36.4 Å². The molecule has 2 aromatic heterocycles. The summed E-state index contributed by atoms with van der Waals surface area (Å²) in [6, 6.07) is -1.54. The summed E-state index contributed by atoms with van der Waals surface area (Å²) in [5.74, 6) is -0.420. The van der Waals surface area contributed by atoms with Gasteiger partial charge in [-0.05, 0) is 0 Å². The minimum absolute atomic E-state index is 0.272. The van der Waals surface area contributed by atoms with E-state index in [1.807, 2.05) is 0 Å². The van der Waals surface area contributed by atoms with Gasteiger partial charge in [0.2, 0.25) is 12.2 Å². The van der Waals surface area contributed by atoms with Gasteiger partial charge in [-0.3, -0.25) is 9.59 Å². The Morgan fingerprint density at radius 1 is 1.25 bits per heavy atom. The second kappa shape index (κ2) is 6.62. The van der Waals surface area contributed by atoms with Gasteiger partial charge < -0.3 is 21.0 Å². The molecule has 0 bridgehead atoms. The molecular weight excluding hydrogens is 260 g/mol. The Kier molecular flexibility index (Phi) is 4.61. The Morgan fingerprint density at radius 3 is 2.35 bits per heavy atom. The van der Waals surface area contributed by atoms with Gasteiger partial charge in [0.1, 0.15) is 6.04 Å². The number of nitrogens with two attached hydrogens (primary N) is 1. The molecule has 20 heavy (non-hydrogen) atoms. The molecule has 0 saturated heterocycles. The van der Waals surface area contributed by atoms with Crippen molar-refractivity contribution >= 4 is 12.2 Å². The number of nitrogens with one attached hydrogen (secondary N) is 3. The van der Waals surface area contributed by atoms with E-state index in [4.69, 9.17) is 5.73 Å². The molecule has 0 aromatic carbocycles. The first kappa shape index (κ1) is 13.9. The van der Waals surface area contributed by atoms with Crippen LogP contribution in [0.5, 0.6) is 0 Å². The fourth-order valence-electron chi connectivity index (χ4n) is 1.73. The number of nitrogens with zero attached hydrogens (tertiary/aromatic N) is 2. The molecule has 2 heterocycles. The van der Waals surface area contributed by atoms with Crippen LogP contribution in [0.2, 0.25) is 0 Å². The Morgan fingerprint density at radius 2 is 1.85 bits per heavy atom. The topological polar surface area (TPSA) is 130 Å². The third-order valence-electron chi connectivity index (χ3n) is 2.75. The maximum absolute atomic E-state index is 11.9. The van der Waals surface area contributed by atoms with Gasteiger partial charge in [-0.1, -0.05) is 0 Å². The van der Waals surface area contributed by atoms with Crippen LogP contribution in [0.4, 0.5) is 0 Å². The van der Waals surface area contributed by atoms with Crippen molar-refractivity contribution in [2.45, 2.75) is 24.9 Å². The van der Waals surface area contributed by atoms with E-state index < -0.39 is 18.0 Å². The number of amides is 1. The average Bonchev–Trinajstić information content (AvgIpc) is 3.11. The standard InChI is InChI=1S/C12H15N6O2/c13-11(2-9-4-15-7-17-9)12(20)18-10(5-19)1-8-3-14-6-16-8/h3-4,6-7,10-11H,1-2,13H2,(H,14,16)(H,15,17)(H,18,20)/t10-,11?/m0/s1. The summed E-state index contributed by atoms with van der Waals surface area (Å²) in [5, 5.41) is 2.54. The molecule has 8 nitrogen and oxygen atoms in total. The quantitative estimate of drug-likeness (QED) is 0.506. The molecule has 0 aliphatic carbocycles. The van der Waals surface area contributed by atoms with Crippen LogP contribution in [0.1, 0.15) is 11.4 Å². The van der Waals surface area contributed by atoms with Crippen molar-refractivity contribution in [2.75, 3.05) is 0 Å².